The molecule has 5 aromatic rings. The molecule has 0 bridgehead atoms. The van der Waals surface area contributed by atoms with E-state index in [2.05, 4.69) is 44.8 Å². The van der Waals surface area contributed by atoms with Crippen molar-refractivity contribution in [3.8, 4) is 5.75 Å². The molecule has 8 heteroatoms. The molecule has 0 atom stereocenters. The lowest BCUT2D eigenvalue weighted by Gasteiger charge is -2.15. The number of aryl methyl sites for hydroxylation is 1. The summed E-state index contributed by atoms with van der Waals surface area (Å²) >= 11 is 0. The number of H-pyrrole nitrogens is 1. The molecule has 0 radical (unpaired) electrons. The third kappa shape index (κ3) is 3.63. The number of pyridine rings is 1. The van der Waals surface area contributed by atoms with Gasteiger partial charge in [0.1, 0.15) is 23.7 Å². The molecule has 174 valence electrons. The van der Waals surface area contributed by atoms with E-state index in [1.807, 2.05) is 43.3 Å². The predicted molar refractivity (Wildman–Crippen MR) is 132 cm³/mol. The molecular formula is C27H23N5O3. The summed E-state index contributed by atoms with van der Waals surface area (Å²) < 4.78 is 13.2. The molecule has 4 heterocycles. The highest BCUT2D eigenvalue weighted by molar-refractivity contribution is 5.99. The zero-order valence-electron chi connectivity index (χ0n) is 19.4. The van der Waals surface area contributed by atoms with Crippen molar-refractivity contribution in [3.63, 3.8) is 0 Å². The molecule has 0 saturated heterocycles. The summed E-state index contributed by atoms with van der Waals surface area (Å²) in [6.45, 7) is 5.12. The van der Waals surface area contributed by atoms with Gasteiger partial charge in [-0.25, -0.2) is 14.8 Å². The van der Waals surface area contributed by atoms with Crippen molar-refractivity contribution < 1.29 is 9.26 Å². The number of hydrogen-bond donors (Lipinski definition) is 1. The predicted octanol–water partition coefficient (Wildman–Crippen LogP) is 4.59. The Morgan fingerprint density at radius 3 is 2.83 bits per heavy atom. The van der Waals surface area contributed by atoms with Gasteiger partial charge in [-0.15, -0.1) is 0 Å². The van der Waals surface area contributed by atoms with Gasteiger partial charge in [0.15, 0.2) is 11.5 Å². The van der Waals surface area contributed by atoms with Crippen LogP contribution < -0.4 is 10.5 Å². The van der Waals surface area contributed by atoms with E-state index < -0.39 is 5.76 Å². The molecule has 0 saturated carbocycles. The van der Waals surface area contributed by atoms with Crippen LogP contribution in [0.25, 0.3) is 22.3 Å². The van der Waals surface area contributed by atoms with Crippen molar-refractivity contribution in [2.75, 3.05) is 0 Å². The highest BCUT2D eigenvalue weighted by Crippen LogP contribution is 2.40. The first-order valence-electron chi connectivity index (χ1n) is 11.5. The lowest BCUT2D eigenvalue weighted by molar-refractivity contribution is 0.307. The second kappa shape index (κ2) is 8.39. The molecule has 0 spiro atoms. The van der Waals surface area contributed by atoms with E-state index in [-0.39, 0.29) is 0 Å². The SMILES string of the molecule is CCc1nc2cccnc2n1Cc1ccc2c(c1)COc1ccccc1/C2=C(\C)c1noc(=O)[nH]1. The van der Waals surface area contributed by atoms with Crippen LogP contribution in [0.4, 0.5) is 0 Å². The zero-order chi connectivity index (χ0) is 23.9. The number of nitrogens with one attached hydrogen (secondary N) is 1. The van der Waals surface area contributed by atoms with Crippen LogP contribution in [0.2, 0.25) is 0 Å². The minimum absolute atomic E-state index is 0.403. The summed E-state index contributed by atoms with van der Waals surface area (Å²) in [5.41, 5.74) is 7.70. The Kier molecular flexibility index (Phi) is 5.06. The summed E-state index contributed by atoms with van der Waals surface area (Å²) in [7, 11) is 0. The van der Waals surface area contributed by atoms with Gasteiger partial charge in [0.25, 0.3) is 0 Å². The summed E-state index contributed by atoms with van der Waals surface area (Å²) in [6.07, 6.45) is 2.62. The van der Waals surface area contributed by atoms with Crippen molar-refractivity contribution in [2.45, 2.75) is 33.4 Å². The Hall–Kier alpha value is -4.46. The average molecular weight is 466 g/mol. The Bertz CT molecular complexity index is 1660. The topological polar surface area (TPSA) is 98.8 Å². The highest BCUT2D eigenvalue weighted by Gasteiger charge is 2.23. The normalized spacial score (nSPS) is 14.2. The van der Waals surface area contributed by atoms with Gasteiger partial charge in [0.05, 0.1) is 6.54 Å². The summed E-state index contributed by atoms with van der Waals surface area (Å²) in [5.74, 6) is 1.61. The van der Waals surface area contributed by atoms with E-state index in [9.17, 15) is 4.79 Å². The van der Waals surface area contributed by atoms with Crippen LogP contribution in [0.15, 0.2) is 70.1 Å². The molecule has 6 rings (SSSR count). The first-order chi connectivity index (χ1) is 17.1. The van der Waals surface area contributed by atoms with Crippen LogP contribution in [-0.4, -0.2) is 24.7 Å². The van der Waals surface area contributed by atoms with E-state index in [0.29, 0.717) is 19.0 Å². The molecule has 0 unspecified atom stereocenters. The van der Waals surface area contributed by atoms with Crippen LogP contribution in [0.3, 0.4) is 0 Å². The number of ether oxygens (including phenoxy) is 1. The molecule has 0 fully saturated rings. The summed E-state index contributed by atoms with van der Waals surface area (Å²) in [5, 5.41) is 3.92. The van der Waals surface area contributed by atoms with Gasteiger partial charge in [-0.1, -0.05) is 42.4 Å². The fraction of sp³-hybridized carbons (Fsp3) is 0.185. The molecule has 1 N–H and O–H groups in total. The Balaban J connectivity index is 1.49. The van der Waals surface area contributed by atoms with E-state index in [0.717, 1.165) is 62.6 Å². The number of para-hydroxylation sites is 1. The lowest BCUT2D eigenvalue weighted by atomic mass is 9.89. The maximum absolute atomic E-state index is 11.6. The molecule has 0 aliphatic carbocycles. The molecule has 0 amide bonds. The van der Waals surface area contributed by atoms with Gasteiger partial charge < -0.3 is 9.30 Å². The third-order valence-corrected chi connectivity index (χ3v) is 6.39. The van der Waals surface area contributed by atoms with Gasteiger partial charge in [0.2, 0.25) is 0 Å². The number of fused-ring (bicyclic) bond motifs is 3. The number of aromatic amines is 1. The largest absolute Gasteiger partial charge is 0.488 e. The van der Waals surface area contributed by atoms with Crippen molar-refractivity contribution in [3.05, 3.63) is 105 Å². The van der Waals surface area contributed by atoms with Crippen molar-refractivity contribution in [1.29, 1.82) is 0 Å². The van der Waals surface area contributed by atoms with Crippen LogP contribution in [-0.2, 0) is 19.6 Å². The van der Waals surface area contributed by atoms with Gasteiger partial charge in [-0.2, -0.15) is 0 Å². The van der Waals surface area contributed by atoms with Gasteiger partial charge >= 0.3 is 5.76 Å². The average Bonchev–Trinajstić information content (AvgIpc) is 3.43. The fourth-order valence-corrected chi connectivity index (χ4v) is 4.75. The van der Waals surface area contributed by atoms with Gasteiger partial charge in [0, 0.05) is 23.8 Å². The van der Waals surface area contributed by atoms with E-state index in [1.54, 1.807) is 6.20 Å². The van der Waals surface area contributed by atoms with Crippen molar-refractivity contribution >= 4 is 22.3 Å². The number of nitrogens with zero attached hydrogens (tertiary/aromatic N) is 4. The second-order valence-corrected chi connectivity index (χ2v) is 8.53. The van der Waals surface area contributed by atoms with Crippen molar-refractivity contribution in [1.82, 2.24) is 24.7 Å². The van der Waals surface area contributed by atoms with Crippen LogP contribution >= 0.6 is 0 Å². The number of rotatable bonds is 4. The summed E-state index contributed by atoms with van der Waals surface area (Å²) in [6, 6.07) is 18.2. The van der Waals surface area contributed by atoms with E-state index in [4.69, 9.17) is 14.2 Å². The Morgan fingerprint density at radius 1 is 1.11 bits per heavy atom. The third-order valence-electron chi connectivity index (χ3n) is 6.39. The number of hydrogen-bond acceptors (Lipinski definition) is 6. The quantitative estimate of drug-likeness (QED) is 0.417. The minimum atomic E-state index is -0.582. The molecule has 2 aromatic carbocycles. The molecule has 35 heavy (non-hydrogen) atoms. The minimum Gasteiger partial charge on any atom is -0.488 e. The van der Waals surface area contributed by atoms with Crippen LogP contribution in [0, 0.1) is 0 Å². The maximum atomic E-state index is 11.6. The smallest absolute Gasteiger partial charge is 0.439 e. The number of aromatic nitrogens is 5. The molecule has 1 aliphatic heterocycles. The fourth-order valence-electron chi connectivity index (χ4n) is 4.75. The van der Waals surface area contributed by atoms with E-state index in [1.165, 1.54) is 0 Å². The lowest BCUT2D eigenvalue weighted by Crippen LogP contribution is -2.07. The maximum Gasteiger partial charge on any atom is 0.439 e. The standard InChI is InChI=1S/C27H23N5O3/c1-3-23-29-21-8-6-12-28-26(21)32(23)14-17-10-11-19-18(13-17)15-34-22-9-5-4-7-20(22)24(19)16(2)25-30-27(33)35-31-25/h4-13H,3,14-15H2,1-2H3,(H,30,31,33)/b24-16+. The Labute approximate surface area is 200 Å². The first-order valence-corrected chi connectivity index (χ1v) is 11.5. The van der Waals surface area contributed by atoms with Crippen molar-refractivity contribution in [2.24, 2.45) is 0 Å². The summed E-state index contributed by atoms with van der Waals surface area (Å²) in [4.78, 5) is 23.6. The highest BCUT2D eigenvalue weighted by atomic mass is 16.5. The monoisotopic (exact) mass is 465 g/mol. The number of benzene rings is 2. The van der Waals surface area contributed by atoms with Gasteiger partial charge in [-0.3, -0.25) is 9.51 Å². The van der Waals surface area contributed by atoms with Crippen LogP contribution in [0.5, 0.6) is 5.75 Å². The molecule has 3 aromatic heterocycles. The number of imidazole rings is 1. The molecule has 8 nitrogen and oxygen atoms in total. The van der Waals surface area contributed by atoms with E-state index >= 15 is 0 Å². The Morgan fingerprint density at radius 2 is 2.00 bits per heavy atom. The van der Waals surface area contributed by atoms with Crippen LogP contribution in [0.1, 0.15) is 47.8 Å². The number of allylic oxidation sites excluding steroid dienone is 1. The second-order valence-electron chi connectivity index (χ2n) is 8.53. The molecule has 1 aliphatic rings. The first kappa shape index (κ1) is 21.1. The van der Waals surface area contributed by atoms with Gasteiger partial charge in [-0.05, 0) is 53.5 Å². The zero-order valence-corrected chi connectivity index (χ0v) is 19.4. The molecular weight excluding hydrogens is 442 g/mol.